The molecule has 0 atom stereocenters. The summed E-state index contributed by atoms with van der Waals surface area (Å²) in [6, 6.07) is 10.5. The summed E-state index contributed by atoms with van der Waals surface area (Å²) in [6.45, 7) is 8.26. The van der Waals surface area contributed by atoms with Gasteiger partial charge in [-0.1, -0.05) is 17.7 Å². The zero-order valence-electron chi connectivity index (χ0n) is 15.4. The number of hydrogen-bond acceptors (Lipinski definition) is 4. The van der Waals surface area contributed by atoms with Gasteiger partial charge in [0.05, 0.1) is 11.7 Å². The number of aromatic nitrogens is 4. The van der Waals surface area contributed by atoms with Crippen molar-refractivity contribution in [1.29, 1.82) is 0 Å². The molecule has 0 spiro atoms. The topological polar surface area (TPSA) is 66.5 Å². The maximum atomic E-state index is 4.80. The fraction of sp³-hybridized carbons (Fsp3) is 0.190. The third-order valence-corrected chi connectivity index (χ3v) is 4.64. The minimum atomic E-state index is 0.737. The molecule has 0 aliphatic carbocycles. The van der Waals surface area contributed by atoms with Crippen molar-refractivity contribution in [3.8, 4) is 11.4 Å². The first kappa shape index (κ1) is 16.3. The van der Waals surface area contributed by atoms with Crippen LogP contribution >= 0.6 is 0 Å². The zero-order valence-corrected chi connectivity index (χ0v) is 15.4. The molecule has 5 heteroatoms. The Morgan fingerprint density at radius 3 is 2.58 bits per heavy atom. The lowest BCUT2D eigenvalue weighted by atomic mass is 10.0. The van der Waals surface area contributed by atoms with Gasteiger partial charge in [-0.25, -0.2) is 9.97 Å². The summed E-state index contributed by atoms with van der Waals surface area (Å²) in [7, 11) is 0. The Kier molecular flexibility index (Phi) is 3.92. The first-order valence-corrected chi connectivity index (χ1v) is 8.63. The molecule has 2 aromatic heterocycles. The lowest BCUT2D eigenvalue weighted by Crippen LogP contribution is -2.02. The van der Waals surface area contributed by atoms with Crippen LogP contribution in [0.2, 0.25) is 0 Å². The molecule has 0 bridgehead atoms. The molecule has 4 rings (SSSR count). The Morgan fingerprint density at radius 2 is 1.73 bits per heavy atom. The third-order valence-electron chi connectivity index (χ3n) is 4.64. The van der Waals surface area contributed by atoms with Gasteiger partial charge < -0.3 is 5.32 Å². The normalized spacial score (nSPS) is 11.1. The van der Waals surface area contributed by atoms with E-state index in [0.29, 0.717) is 0 Å². The number of aromatic amines is 1. The van der Waals surface area contributed by atoms with E-state index in [9.17, 15) is 0 Å². The van der Waals surface area contributed by atoms with E-state index in [0.717, 1.165) is 44.9 Å². The van der Waals surface area contributed by atoms with Gasteiger partial charge in [-0.3, -0.25) is 5.10 Å². The Hall–Kier alpha value is -3.21. The van der Waals surface area contributed by atoms with Gasteiger partial charge in [0.1, 0.15) is 5.82 Å². The molecule has 0 unspecified atom stereocenters. The second-order valence-corrected chi connectivity index (χ2v) is 6.79. The smallest absolute Gasteiger partial charge is 0.161 e. The minimum absolute atomic E-state index is 0.737. The highest BCUT2D eigenvalue weighted by molar-refractivity contribution is 5.85. The van der Waals surface area contributed by atoms with E-state index in [2.05, 4.69) is 71.6 Å². The fourth-order valence-electron chi connectivity index (χ4n) is 3.04. The van der Waals surface area contributed by atoms with Gasteiger partial charge in [-0.05, 0) is 57.0 Å². The number of benzene rings is 2. The van der Waals surface area contributed by atoms with Crippen LogP contribution in [0.25, 0.3) is 22.3 Å². The summed E-state index contributed by atoms with van der Waals surface area (Å²) >= 11 is 0. The van der Waals surface area contributed by atoms with Gasteiger partial charge in [-0.2, -0.15) is 5.10 Å². The molecule has 5 nitrogen and oxygen atoms in total. The number of anilines is 2. The van der Waals surface area contributed by atoms with Crippen LogP contribution < -0.4 is 5.32 Å². The van der Waals surface area contributed by atoms with E-state index in [4.69, 9.17) is 4.98 Å². The number of fused-ring (bicyclic) bond motifs is 1. The highest BCUT2D eigenvalue weighted by Crippen LogP contribution is 2.28. The number of rotatable bonds is 3. The minimum Gasteiger partial charge on any atom is -0.340 e. The van der Waals surface area contributed by atoms with Crippen LogP contribution in [0.1, 0.15) is 22.3 Å². The molecule has 2 N–H and O–H groups in total. The number of aryl methyl sites for hydroxylation is 4. The first-order valence-electron chi connectivity index (χ1n) is 8.63. The number of nitrogens with zero attached hydrogens (tertiary/aromatic N) is 3. The molecular weight excluding hydrogens is 322 g/mol. The molecule has 0 amide bonds. The molecule has 0 aliphatic rings. The molecular formula is C21H21N5. The molecule has 0 saturated carbocycles. The van der Waals surface area contributed by atoms with Crippen molar-refractivity contribution in [2.45, 2.75) is 27.7 Å². The largest absolute Gasteiger partial charge is 0.340 e. The molecule has 130 valence electrons. The molecule has 0 aliphatic heterocycles. The Labute approximate surface area is 152 Å². The van der Waals surface area contributed by atoms with E-state index in [1.54, 1.807) is 0 Å². The van der Waals surface area contributed by atoms with Crippen LogP contribution in [0.15, 0.2) is 42.7 Å². The summed E-state index contributed by atoms with van der Waals surface area (Å²) in [5.74, 6) is 1.56. The molecule has 2 heterocycles. The van der Waals surface area contributed by atoms with Crippen LogP contribution in [-0.2, 0) is 0 Å². The summed E-state index contributed by atoms with van der Waals surface area (Å²) in [4.78, 5) is 9.35. The monoisotopic (exact) mass is 343 g/mol. The van der Waals surface area contributed by atoms with Crippen molar-refractivity contribution in [3.05, 3.63) is 65.0 Å². The highest BCUT2D eigenvalue weighted by Gasteiger charge is 2.11. The van der Waals surface area contributed by atoms with E-state index in [1.165, 1.54) is 11.1 Å². The van der Waals surface area contributed by atoms with Crippen molar-refractivity contribution in [2.24, 2.45) is 0 Å². The second-order valence-electron chi connectivity index (χ2n) is 6.79. The van der Waals surface area contributed by atoms with Gasteiger partial charge in [0.2, 0.25) is 0 Å². The predicted octanol–water partition coefficient (Wildman–Crippen LogP) is 5.00. The number of H-pyrrole nitrogens is 1. The SMILES string of the molecule is Cc1ccc(C)c(-c2ncc(C)c(Nc3cc4cn[nH]c4cc3C)n2)c1. The third kappa shape index (κ3) is 2.92. The van der Waals surface area contributed by atoms with Crippen molar-refractivity contribution in [2.75, 3.05) is 5.32 Å². The molecule has 2 aromatic carbocycles. The van der Waals surface area contributed by atoms with Crippen LogP contribution in [0.3, 0.4) is 0 Å². The summed E-state index contributed by atoms with van der Waals surface area (Å²) in [6.07, 6.45) is 3.70. The zero-order chi connectivity index (χ0) is 18.3. The van der Waals surface area contributed by atoms with E-state index in [1.807, 2.05) is 19.3 Å². The Bertz CT molecular complexity index is 1110. The standard InChI is InChI=1S/C21H21N5/c1-12-5-6-13(2)17(7-12)21-22-10-15(4)20(25-21)24-18-9-16-11-23-26-19(16)8-14(18)3/h5-11H,1-4H3,(H,23,26)(H,22,24,25). The van der Waals surface area contributed by atoms with Gasteiger partial charge in [-0.15, -0.1) is 0 Å². The van der Waals surface area contributed by atoms with Crippen LogP contribution in [0, 0.1) is 27.7 Å². The molecule has 0 fully saturated rings. The molecule has 26 heavy (non-hydrogen) atoms. The molecule has 4 aromatic rings. The van der Waals surface area contributed by atoms with E-state index >= 15 is 0 Å². The van der Waals surface area contributed by atoms with Gasteiger partial charge in [0, 0.05) is 28.4 Å². The quantitative estimate of drug-likeness (QED) is 0.549. The lowest BCUT2D eigenvalue weighted by Gasteiger charge is -2.13. The van der Waals surface area contributed by atoms with Crippen molar-refractivity contribution < 1.29 is 0 Å². The Balaban J connectivity index is 1.76. The van der Waals surface area contributed by atoms with Crippen molar-refractivity contribution in [1.82, 2.24) is 20.2 Å². The van der Waals surface area contributed by atoms with Gasteiger partial charge >= 0.3 is 0 Å². The summed E-state index contributed by atoms with van der Waals surface area (Å²) in [5, 5.41) is 11.6. The van der Waals surface area contributed by atoms with E-state index in [-0.39, 0.29) is 0 Å². The van der Waals surface area contributed by atoms with Crippen LogP contribution in [0.5, 0.6) is 0 Å². The fourth-order valence-corrected chi connectivity index (χ4v) is 3.04. The van der Waals surface area contributed by atoms with Crippen molar-refractivity contribution in [3.63, 3.8) is 0 Å². The average Bonchev–Trinajstić information content (AvgIpc) is 3.06. The predicted molar refractivity (Wildman–Crippen MR) is 106 cm³/mol. The number of hydrogen-bond donors (Lipinski definition) is 2. The summed E-state index contributed by atoms with van der Waals surface area (Å²) < 4.78 is 0. The second kappa shape index (κ2) is 6.26. The number of nitrogens with one attached hydrogen (secondary N) is 2. The highest BCUT2D eigenvalue weighted by atomic mass is 15.1. The lowest BCUT2D eigenvalue weighted by molar-refractivity contribution is 1.12. The average molecular weight is 343 g/mol. The molecule has 0 radical (unpaired) electrons. The van der Waals surface area contributed by atoms with Crippen molar-refractivity contribution >= 4 is 22.4 Å². The van der Waals surface area contributed by atoms with Crippen LogP contribution in [0.4, 0.5) is 11.5 Å². The maximum absolute atomic E-state index is 4.80. The first-order chi connectivity index (χ1) is 12.5. The summed E-state index contributed by atoms with van der Waals surface area (Å²) in [5.41, 5.74) is 7.62. The van der Waals surface area contributed by atoms with Gasteiger partial charge in [0.15, 0.2) is 5.82 Å². The van der Waals surface area contributed by atoms with Crippen LogP contribution in [-0.4, -0.2) is 20.2 Å². The van der Waals surface area contributed by atoms with E-state index < -0.39 is 0 Å². The maximum Gasteiger partial charge on any atom is 0.161 e. The molecule has 0 saturated heterocycles. The Morgan fingerprint density at radius 1 is 0.885 bits per heavy atom. The van der Waals surface area contributed by atoms with Gasteiger partial charge in [0.25, 0.3) is 0 Å².